The number of benzene rings is 3. The molecule has 0 atom stereocenters. The van der Waals surface area contributed by atoms with E-state index in [4.69, 9.17) is 0 Å². The predicted octanol–water partition coefficient (Wildman–Crippen LogP) is 6.23. The smallest absolute Gasteiger partial charge is 0.132 e. The Labute approximate surface area is 147 Å². The first-order valence-electron chi connectivity index (χ1n) is 8.24. The van der Waals surface area contributed by atoms with Crippen molar-refractivity contribution >= 4 is 0 Å². The van der Waals surface area contributed by atoms with Gasteiger partial charge in [0.1, 0.15) is 11.6 Å². The second-order valence-corrected chi connectivity index (χ2v) is 5.81. The predicted molar refractivity (Wildman–Crippen MR) is 99.2 cm³/mol. The molecule has 2 heteroatoms. The molecule has 3 rings (SSSR count). The zero-order chi connectivity index (χ0) is 17.8. The molecule has 3 aromatic carbocycles. The highest BCUT2D eigenvalue weighted by Gasteiger charge is 2.10. The van der Waals surface area contributed by atoms with Crippen molar-refractivity contribution in [2.45, 2.75) is 20.3 Å². The van der Waals surface area contributed by atoms with Crippen LogP contribution in [0.1, 0.15) is 25.0 Å². The van der Waals surface area contributed by atoms with E-state index in [-0.39, 0.29) is 5.82 Å². The number of halogens is 2. The van der Waals surface area contributed by atoms with E-state index < -0.39 is 5.82 Å². The second kappa shape index (κ2) is 7.32. The molecule has 0 radical (unpaired) electrons. The van der Waals surface area contributed by atoms with Crippen LogP contribution in [0.4, 0.5) is 8.78 Å². The summed E-state index contributed by atoms with van der Waals surface area (Å²) in [5, 5.41) is 0. The fourth-order valence-corrected chi connectivity index (χ4v) is 2.81. The highest BCUT2D eigenvalue weighted by molar-refractivity contribution is 5.72. The van der Waals surface area contributed by atoms with Crippen molar-refractivity contribution in [2.75, 3.05) is 0 Å². The van der Waals surface area contributed by atoms with Gasteiger partial charge in [0.15, 0.2) is 0 Å². The molecule has 0 aromatic heterocycles. The Morgan fingerprint density at radius 3 is 1.96 bits per heavy atom. The van der Waals surface area contributed by atoms with E-state index in [1.807, 2.05) is 24.3 Å². The lowest BCUT2D eigenvalue weighted by atomic mass is 9.98. The Hall–Kier alpha value is -2.92. The molecule has 0 heterocycles. The zero-order valence-electron chi connectivity index (χ0n) is 14.2. The fourth-order valence-electron chi connectivity index (χ4n) is 2.81. The van der Waals surface area contributed by atoms with Crippen LogP contribution in [0.15, 0.2) is 60.7 Å². The van der Waals surface area contributed by atoms with Crippen LogP contribution in [-0.4, -0.2) is 0 Å². The van der Waals surface area contributed by atoms with E-state index in [1.54, 1.807) is 31.2 Å². The minimum atomic E-state index is -0.403. The van der Waals surface area contributed by atoms with Crippen LogP contribution >= 0.6 is 0 Å². The summed E-state index contributed by atoms with van der Waals surface area (Å²) in [6.45, 7) is 3.78. The maximum atomic E-state index is 14.6. The molecule has 0 saturated carbocycles. The van der Waals surface area contributed by atoms with Gasteiger partial charge in [0, 0.05) is 16.7 Å². The van der Waals surface area contributed by atoms with E-state index in [0.29, 0.717) is 22.3 Å². The van der Waals surface area contributed by atoms with Gasteiger partial charge in [-0.15, -0.1) is 5.92 Å². The van der Waals surface area contributed by atoms with Crippen molar-refractivity contribution in [1.82, 2.24) is 0 Å². The summed E-state index contributed by atoms with van der Waals surface area (Å²) >= 11 is 0. The van der Waals surface area contributed by atoms with Gasteiger partial charge in [0.2, 0.25) is 0 Å². The summed E-state index contributed by atoms with van der Waals surface area (Å²) in [6.07, 6.45) is 0.944. The molecular weight excluding hydrogens is 314 g/mol. The number of hydrogen-bond donors (Lipinski definition) is 0. The van der Waals surface area contributed by atoms with Crippen molar-refractivity contribution < 1.29 is 8.78 Å². The normalized spacial score (nSPS) is 10.2. The van der Waals surface area contributed by atoms with E-state index in [1.165, 1.54) is 17.7 Å². The standard InChI is InChI=1S/C23H18F2/c1-3-5-17-8-12-21(22(24)14-17)19-11-13-20(23(25)15-19)18-9-6-16(4-2)7-10-18/h6-15H,4H2,1-2H3. The average molecular weight is 332 g/mol. The molecule has 0 unspecified atom stereocenters. The lowest BCUT2D eigenvalue weighted by molar-refractivity contribution is 0.626. The maximum Gasteiger partial charge on any atom is 0.132 e. The van der Waals surface area contributed by atoms with Gasteiger partial charge < -0.3 is 0 Å². The maximum absolute atomic E-state index is 14.6. The van der Waals surface area contributed by atoms with Gasteiger partial charge in [-0.05, 0) is 48.2 Å². The molecule has 0 aliphatic heterocycles. The highest BCUT2D eigenvalue weighted by atomic mass is 19.1. The molecule has 0 fully saturated rings. The molecule has 0 N–H and O–H groups in total. The van der Waals surface area contributed by atoms with Gasteiger partial charge >= 0.3 is 0 Å². The van der Waals surface area contributed by atoms with Crippen LogP contribution < -0.4 is 0 Å². The first-order valence-corrected chi connectivity index (χ1v) is 8.24. The summed E-state index contributed by atoms with van der Waals surface area (Å²) < 4.78 is 28.9. The molecule has 0 aliphatic rings. The lowest BCUT2D eigenvalue weighted by Crippen LogP contribution is -1.90. The van der Waals surface area contributed by atoms with Gasteiger partial charge in [-0.1, -0.05) is 55.3 Å². The molecule has 124 valence electrons. The molecule has 25 heavy (non-hydrogen) atoms. The first-order chi connectivity index (χ1) is 12.1. The second-order valence-electron chi connectivity index (χ2n) is 5.81. The summed E-state index contributed by atoms with van der Waals surface area (Å²) in [5.74, 6) is 4.79. The topological polar surface area (TPSA) is 0 Å². The van der Waals surface area contributed by atoms with E-state index in [0.717, 1.165) is 12.0 Å². The van der Waals surface area contributed by atoms with Crippen LogP contribution in [0, 0.1) is 23.5 Å². The van der Waals surface area contributed by atoms with Crippen LogP contribution in [0.5, 0.6) is 0 Å². The van der Waals surface area contributed by atoms with Crippen LogP contribution in [0.25, 0.3) is 22.3 Å². The van der Waals surface area contributed by atoms with Crippen molar-refractivity contribution in [2.24, 2.45) is 0 Å². The quantitative estimate of drug-likeness (QED) is 0.499. The molecule has 3 aromatic rings. The lowest BCUT2D eigenvalue weighted by Gasteiger charge is -2.09. The first kappa shape index (κ1) is 16.9. The third kappa shape index (κ3) is 3.61. The monoisotopic (exact) mass is 332 g/mol. The van der Waals surface area contributed by atoms with E-state index >= 15 is 0 Å². The van der Waals surface area contributed by atoms with Gasteiger partial charge in [0.25, 0.3) is 0 Å². The zero-order valence-corrected chi connectivity index (χ0v) is 14.2. The van der Waals surface area contributed by atoms with Crippen molar-refractivity contribution in [3.8, 4) is 34.1 Å². The summed E-state index contributed by atoms with van der Waals surface area (Å²) in [5.41, 5.74) is 4.03. The van der Waals surface area contributed by atoms with Crippen LogP contribution in [0.2, 0.25) is 0 Å². The summed E-state index contributed by atoms with van der Waals surface area (Å²) in [7, 11) is 0. The number of aryl methyl sites for hydroxylation is 1. The van der Waals surface area contributed by atoms with Gasteiger partial charge in [-0.25, -0.2) is 8.78 Å². The Morgan fingerprint density at radius 1 is 0.760 bits per heavy atom. The van der Waals surface area contributed by atoms with Gasteiger partial charge in [-0.3, -0.25) is 0 Å². The van der Waals surface area contributed by atoms with Gasteiger partial charge in [0.05, 0.1) is 0 Å². The van der Waals surface area contributed by atoms with Crippen molar-refractivity contribution in [3.63, 3.8) is 0 Å². The molecule has 0 aliphatic carbocycles. The SMILES string of the molecule is CC#Cc1ccc(-c2ccc(-c3ccc(CC)cc3)c(F)c2)c(F)c1. The Bertz CT molecular complexity index is 958. The number of rotatable bonds is 3. The Morgan fingerprint density at radius 2 is 1.36 bits per heavy atom. The third-order valence-electron chi connectivity index (χ3n) is 4.19. The van der Waals surface area contributed by atoms with Crippen molar-refractivity contribution in [1.29, 1.82) is 0 Å². The Kier molecular flexibility index (Phi) is 4.95. The molecule has 0 bridgehead atoms. The highest BCUT2D eigenvalue weighted by Crippen LogP contribution is 2.30. The fraction of sp³-hybridized carbons (Fsp3) is 0.130. The number of hydrogen-bond acceptors (Lipinski definition) is 0. The summed E-state index contributed by atoms with van der Waals surface area (Å²) in [6, 6.07) is 17.4. The third-order valence-corrected chi connectivity index (χ3v) is 4.19. The average Bonchev–Trinajstić information content (AvgIpc) is 2.62. The molecule has 0 nitrogen and oxygen atoms in total. The molecular formula is C23H18F2. The minimum Gasteiger partial charge on any atom is -0.206 e. The molecule has 0 saturated heterocycles. The molecule has 0 amide bonds. The van der Waals surface area contributed by atoms with E-state index in [9.17, 15) is 8.78 Å². The van der Waals surface area contributed by atoms with Gasteiger partial charge in [-0.2, -0.15) is 0 Å². The van der Waals surface area contributed by atoms with E-state index in [2.05, 4.69) is 18.8 Å². The molecule has 0 spiro atoms. The Balaban J connectivity index is 1.97. The minimum absolute atomic E-state index is 0.362. The van der Waals surface area contributed by atoms with Crippen molar-refractivity contribution in [3.05, 3.63) is 83.4 Å². The van der Waals surface area contributed by atoms with Crippen LogP contribution in [-0.2, 0) is 6.42 Å². The van der Waals surface area contributed by atoms with Crippen LogP contribution in [0.3, 0.4) is 0 Å². The largest absolute Gasteiger partial charge is 0.206 e. The summed E-state index contributed by atoms with van der Waals surface area (Å²) in [4.78, 5) is 0.